The van der Waals surface area contributed by atoms with Crippen LogP contribution in [0.5, 0.6) is 5.75 Å². The van der Waals surface area contributed by atoms with Crippen LogP contribution >= 0.6 is 7.75 Å². The zero-order valence-electron chi connectivity index (χ0n) is 23.4. The van der Waals surface area contributed by atoms with E-state index in [0.29, 0.717) is 4.57 Å². The third-order valence-electron chi connectivity index (χ3n) is 6.86. The van der Waals surface area contributed by atoms with Crippen molar-refractivity contribution >= 4 is 36.6 Å². The quantitative estimate of drug-likeness (QED) is 0.128. The van der Waals surface area contributed by atoms with Crippen molar-refractivity contribution in [3.8, 4) is 5.75 Å². The number of nitrogen functional groups attached to an aromatic ring is 1. The number of alkyl halides is 4. The van der Waals surface area contributed by atoms with Crippen LogP contribution in [0.3, 0.4) is 0 Å². The number of aliphatic hydroxyl groups is 1. The molecular weight excluding hydrogens is 617 g/mol. The Hall–Kier alpha value is -3.57. The molecule has 19 heteroatoms. The third-order valence-corrected chi connectivity index (χ3v) is 8.50. The number of esters is 1. The van der Waals surface area contributed by atoms with Gasteiger partial charge < -0.3 is 30.2 Å². The lowest BCUT2D eigenvalue weighted by atomic mass is 9.95. The van der Waals surface area contributed by atoms with E-state index in [4.69, 9.17) is 24.3 Å². The van der Waals surface area contributed by atoms with Crippen LogP contribution in [0, 0.1) is 0 Å². The number of carbonyl (C=O) groups excluding carboxylic acids is 1. The number of nitrogens with two attached hydrogens (primary N) is 1. The van der Waals surface area contributed by atoms with Gasteiger partial charge in [0, 0.05) is 6.04 Å². The number of benzene rings is 1. The van der Waals surface area contributed by atoms with Gasteiger partial charge in [-0.1, -0.05) is 18.2 Å². The van der Waals surface area contributed by atoms with E-state index in [1.807, 2.05) is 0 Å². The van der Waals surface area contributed by atoms with Crippen molar-refractivity contribution in [3.05, 3.63) is 36.7 Å². The summed E-state index contributed by atoms with van der Waals surface area (Å²) in [5.74, 6) is -0.991. The molecule has 240 valence electrons. The van der Waals surface area contributed by atoms with Crippen LogP contribution in [-0.4, -0.2) is 79.9 Å². The molecule has 1 saturated carbocycles. The normalized spacial score (nSPS) is 25.8. The summed E-state index contributed by atoms with van der Waals surface area (Å²) in [5, 5.41) is 16.1. The topological polar surface area (TPSA) is 185 Å². The molecule has 1 aliphatic heterocycles. The van der Waals surface area contributed by atoms with Gasteiger partial charge in [0.1, 0.15) is 24.0 Å². The zero-order chi connectivity index (χ0) is 31.9. The number of anilines is 2. The fraction of sp³-hybridized carbons (Fsp3) is 0.520. The summed E-state index contributed by atoms with van der Waals surface area (Å²) in [6, 6.07) is 6.34. The summed E-state index contributed by atoms with van der Waals surface area (Å²) in [4.78, 5) is 24.2. The fourth-order valence-electron chi connectivity index (χ4n) is 4.53. The Labute approximate surface area is 247 Å². The van der Waals surface area contributed by atoms with Crippen molar-refractivity contribution in [2.24, 2.45) is 0 Å². The minimum atomic E-state index is -5.67. The summed E-state index contributed by atoms with van der Waals surface area (Å²) in [6.45, 7) is 1.78. The van der Waals surface area contributed by atoms with Crippen LogP contribution in [-0.2, 0) is 23.4 Å². The lowest BCUT2D eigenvalue weighted by Gasteiger charge is -2.31. The third kappa shape index (κ3) is 6.30. The van der Waals surface area contributed by atoms with E-state index in [1.54, 1.807) is 25.1 Å². The van der Waals surface area contributed by atoms with Gasteiger partial charge in [0.2, 0.25) is 5.95 Å². The molecule has 2 aliphatic rings. The number of aliphatic hydroxyl groups excluding tert-OH is 1. The van der Waals surface area contributed by atoms with Gasteiger partial charge in [-0.15, -0.1) is 0 Å². The van der Waals surface area contributed by atoms with Crippen molar-refractivity contribution in [1.82, 2.24) is 24.6 Å². The van der Waals surface area contributed by atoms with Gasteiger partial charge in [-0.05, 0) is 38.8 Å². The number of fused-ring (bicyclic) bond motifs is 1. The molecule has 0 amide bonds. The SMILES string of the molecule is CCOC(=O)C(C)N[P@](=O)(OC[C@H]1O[C@@H](n2cnc3c(NC4CC4)nc(N)nc32)[C@@](F)(C(F)(F)F)[C@@H]1O)Oc1ccccc1. The number of rotatable bonds is 12. The van der Waals surface area contributed by atoms with Gasteiger partial charge >= 0.3 is 19.9 Å². The van der Waals surface area contributed by atoms with Crippen LogP contribution in [0.15, 0.2) is 36.7 Å². The maximum absolute atomic E-state index is 16.1. The van der Waals surface area contributed by atoms with Gasteiger partial charge in [0.25, 0.3) is 5.67 Å². The van der Waals surface area contributed by atoms with E-state index in [1.165, 1.54) is 19.1 Å². The highest BCUT2D eigenvalue weighted by atomic mass is 31.2. The van der Waals surface area contributed by atoms with Crippen LogP contribution in [0.1, 0.15) is 32.9 Å². The first-order chi connectivity index (χ1) is 20.8. The summed E-state index contributed by atoms with van der Waals surface area (Å²) in [5.41, 5.74) is 1.09. The van der Waals surface area contributed by atoms with E-state index in [0.717, 1.165) is 19.2 Å². The zero-order valence-corrected chi connectivity index (χ0v) is 24.3. The molecule has 1 aliphatic carbocycles. The number of para-hydroxylation sites is 1. The predicted octanol–water partition coefficient (Wildman–Crippen LogP) is 3.26. The van der Waals surface area contributed by atoms with Crippen molar-refractivity contribution in [1.29, 1.82) is 0 Å². The first-order valence-electron chi connectivity index (χ1n) is 13.5. The lowest BCUT2D eigenvalue weighted by Crippen LogP contribution is -2.54. The standard InChI is InChI=1S/C25H30F4N7O7P/c1-3-40-21(38)13(2)35-44(39,43-15-7-5-4-6-8-15)41-11-16-18(37)24(26,25(27,28)29)22(42-16)36-12-31-17-19(32-14-9-10-14)33-23(30)34-20(17)36/h4-8,12-14,16,18,22,37H,3,9-11H2,1-2H3,(H,35,39)(H3,30,32,33,34)/t13?,16-,18-,22-,24-,44+/m1/s1. The second kappa shape index (κ2) is 12.1. The molecule has 5 N–H and O–H groups in total. The van der Waals surface area contributed by atoms with E-state index in [-0.39, 0.29) is 41.3 Å². The largest absolute Gasteiger partial charge is 0.465 e. The van der Waals surface area contributed by atoms with Crippen LogP contribution in [0.4, 0.5) is 29.3 Å². The van der Waals surface area contributed by atoms with Crippen LogP contribution in [0.2, 0.25) is 0 Å². The molecule has 1 saturated heterocycles. The van der Waals surface area contributed by atoms with Crippen LogP contribution in [0.25, 0.3) is 11.2 Å². The Morgan fingerprint density at radius 2 is 2.00 bits per heavy atom. The summed E-state index contributed by atoms with van der Waals surface area (Å²) < 4.78 is 94.6. The van der Waals surface area contributed by atoms with E-state index >= 15 is 4.39 Å². The molecule has 0 spiro atoms. The average molecular weight is 648 g/mol. The van der Waals surface area contributed by atoms with Gasteiger partial charge in [0.15, 0.2) is 23.2 Å². The maximum Gasteiger partial charge on any atom is 0.459 e. The number of carbonyl (C=O) groups is 1. The summed E-state index contributed by atoms with van der Waals surface area (Å²) >= 11 is 0. The number of hydrogen-bond donors (Lipinski definition) is 4. The number of hydrogen-bond acceptors (Lipinski definition) is 12. The Balaban J connectivity index is 1.44. The fourth-order valence-corrected chi connectivity index (χ4v) is 6.03. The molecule has 3 heterocycles. The Kier molecular flexibility index (Phi) is 8.74. The second-order valence-electron chi connectivity index (χ2n) is 10.2. The highest BCUT2D eigenvalue weighted by molar-refractivity contribution is 7.52. The van der Waals surface area contributed by atoms with Gasteiger partial charge in [0.05, 0.1) is 19.5 Å². The second-order valence-corrected chi connectivity index (χ2v) is 11.9. The summed E-state index contributed by atoms with van der Waals surface area (Å²) in [7, 11) is -4.59. The minimum Gasteiger partial charge on any atom is -0.465 e. The molecular formula is C25H30F4N7O7P. The Morgan fingerprint density at radius 1 is 1.30 bits per heavy atom. The molecule has 0 bridgehead atoms. The molecule has 6 atom stereocenters. The molecule has 1 aromatic carbocycles. The van der Waals surface area contributed by atoms with Crippen LogP contribution < -0.4 is 20.7 Å². The first-order valence-corrected chi connectivity index (χ1v) is 15.1. The molecule has 0 radical (unpaired) electrons. The Bertz CT molecular complexity index is 1540. The molecule has 3 aromatic rings. The highest BCUT2D eigenvalue weighted by Crippen LogP contribution is 2.53. The average Bonchev–Trinajstić information content (AvgIpc) is 3.61. The van der Waals surface area contributed by atoms with Gasteiger partial charge in [-0.25, -0.2) is 13.9 Å². The van der Waals surface area contributed by atoms with Crippen molar-refractivity contribution in [2.75, 3.05) is 24.3 Å². The Morgan fingerprint density at radius 3 is 2.64 bits per heavy atom. The molecule has 14 nitrogen and oxygen atoms in total. The minimum absolute atomic E-state index is 0.00586. The van der Waals surface area contributed by atoms with E-state index in [9.17, 15) is 27.6 Å². The summed E-state index contributed by atoms with van der Waals surface area (Å²) in [6.07, 6.45) is -10.6. The number of nitrogens with one attached hydrogen (secondary N) is 2. The maximum atomic E-state index is 16.1. The van der Waals surface area contributed by atoms with E-state index in [2.05, 4.69) is 25.4 Å². The molecule has 5 rings (SSSR count). The molecule has 2 fully saturated rings. The van der Waals surface area contributed by atoms with Crippen molar-refractivity contribution < 1.29 is 50.5 Å². The number of halogens is 4. The highest BCUT2D eigenvalue weighted by Gasteiger charge is 2.73. The molecule has 1 unspecified atom stereocenters. The smallest absolute Gasteiger partial charge is 0.459 e. The first kappa shape index (κ1) is 31.8. The molecule has 2 aromatic heterocycles. The van der Waals surface area contributed by atoms with Gasteiger partial charge in [-0.3, -0.25) is 13.9 Å². The molecule has 44 heavy (non-hydrogen) atoms. The van der Waals surface area contributed by atoms with Crippen molar-refractivity contribution in [3.63, 3.8) is 0 Å². The number of aromatic nitrogens is 4. The number of ether oxygens (including phenoxy) is 2. The van der Waals surface area contributed by atoms with E-state index < -0.39 is 56.6 Å². The monoisotopic (exact) mass is 647 g/mol. The number of imidazole rings is 1. The van der Waals surface area contributed by atoms with Crippen molar-refractivity contribution in [2.45, 2.75) is 69.1 Å². The predicted molar refractivity (Wildman–Crippen MR) is 146 cm³/mol. The number of nitrogens with zero attached hydrogens (tertiary/aromatic N) is 4. The van der Waals surface area contributed by atoms with Gasteiger partial charge in [-0.2, -0.15) is 28.2 Å². The lowest BCUT2D eigenvalue weighted by molar-refractivity contribution is -0.273.